The van der Waals surface area contributed by atoms with E-state index in [0.717, 1.165) is 6.92 Å². The van der Waals surface area contributed by atoms with Gasteiger partial charge in [-0.1, -0.05) is 48.5 Å². The van der Waals surface area contributed by atoms with Gasteiger partial charge in [0.05, 0.1) is 35.5 Å². The SMILES string of the molecule is CC(=O)OC(CO)CO.CC(=O)OC(COC(=O)c1ccccc1C(C)=O)COC(=O)c1ccccc1C(C)=O.O=C1OC(=O)c2ccccc21. The van der Waals surface area contributed by atoms with Gasteiger partial charge in [0.25, 0.3) is 0 Å². The third kappa shape index (κ3) is 13.1. The lowest BCUT2D eigenvalue weighted by Gasteiger charge is -2.18. The van der Waals surface area contributed by atoms with Crippen LogP contribution < -0.4 is 0 Å². The summed E-state index contributed by atoms with van der Waals surface area (Å²) in [7, 11) is 0. The number of ketones is 2. The summed E-state index contributed by atoms with van der Waals surface area (Å²) in [5.74, 6) is -4.43. The van der Waals surface area contributed by atoms with Crippen molar-refractivity contribution in [2.24, 2.45) is 0 Å². The molecule has 3 aromatic rings. The van der Waals surface area contributed by atoms with E-state index in [1.165, 1.54) is 45.0 Å². The second-order valence-corrected chi connectivity index (χ2v) is 10.5. The van der Waals surface area contributed by atoms with Gasteiger partial charge in [-0.3, -0.25) is 19.2 Å². The van der Waals surface area contributed by atoms with Crippen LogP contribution in [0.3, 0.4) is 0 Å². The molecule has 270 valence electrons. The van der Waals surface area contributed by atoms with Crippen LogP contribution in [0.2, 0.25) is 0 Å². The van der Waals surface area contributed by atoms with E-state index in [0.29, 0.717) is 11.1 Å². The first kappa shape index (κ1) is 41.1. The van der Waals surface area contributed by atoms with E-state index in [2.05, 4.69) is 9.47 Å². The molecule has 1 aliphatic rings. The van der Waals surface area contributed by atoms with Crippen LogP contribution in [-0.2, 0) is 33.3 Å². The van der Waals surface area contributed by atoms with Crippen LogP contribution in [0.1, 0.15) is 89.8 Å². The summed E-state index contributed by atoms with van der Waals surface area (Å²) in [5, 5.41) is 16.7. The molecule has 15 nitrogen and oxygen atoms in total. The Hall–Kier alpha value is -6.06. The Morgan fingerprint density at radius 3 is 1.20 bits per heavy atom. The monoisotopic (exact) mass is 708 g/mol. The number of carbonyl (C=O) groups excluding carboxylic acids is 8. The molecule has 15 heteroatoms. The fraction of sp³-hybridized carbons (Fsp3) is 0.278. The number of esters is 6. The van der Waals surface area contributed by atoms with Crippen LogP contribution in [0.4, 0.5) is 0 Å². The van der Waals surface area contributed by atoms with Crippen molar-refractivity contribution < 1.29 is 72.3 Å². The highest BCUT2D eigenvalue weighted by Crippen LogP contribution is 2.18. The summed E-state index contributed by atoms with van der Waals surface area (Å²) in [6.07, 6.45) is -1.83. The van der Waals surface area contributed by atoms with Crippen LogP contribution >= 0.6 is 0 Å². The quantitative estimate of drug-likeness (QED) is 0.119. The molecule has 0 radical (unpaired) electrons. The minimum Gasteiger partial charge on any atom is -0.458 e. The molecule has 0 aliphatic carbocycles. The Balaban J connectivity index is 0.000000362. The van der Waals surface area contributed by atoms with Crippen molar-refractivity contribution in [3.05, 3.63) is 106 Å². The Kier molecular flexibility index (Phi) is 16.5. The number of rotatable bonds is 12. The summed E-state index contributed by atoms with van der Waals surface area (Å²) >= 11 is 0. The second kappa shape index (κ2) is 20.5. The fourth-order valence-electron chi connectivity index (χ4n) is 4.18. The minimum atomic E-state index is -1.07. The summed E-state index contributed by atoms with van der Waals surface area (Å²) in [5.41, 5.74) is 1.26. The molecule has 0 amide bonds. The largest absolute Gasteiger partial charge is 0.458 e. The molecule has 4 rings (SSSR count). The first-order valence-corrected chi connectivity index (χ1v) is 15.2. The second-order valence-electron chi connectivity index (χ2n) is 10.5. The average Bonchev–Trinajstić information content (AvgIpc) is 3.40. The number of hydrogen-bond acceptors (Lipinski definition) is 15. The molecule has 0 bridgehead atoms. The maximum atomic E-state index is 12.4. The first-order valence-electron chi connectivity index (χ1n) is 15.2. The lowest BCUT2D eigenvalue weighted by Crippen LogP contribution is -2.30. The van der Waals surface area contributed by atoms with E-state index >= 15 is 0 Å². The number of aliphatic hydroxyl groups excluding tert-OH is 2. The lowest BCUT2D eigenvalue weighted by atomic mass is 10.0. The number of carbonyl (C=O) groups is 8. The maximum Gasteiger partial charge on any atom is 0.346 e. The number of fused-ring (bicyclic) bond motifs is 1. The topological polar surface area (TPSA) is 223 Å². The molecule has 0 fully saturated rings. The molecule has 3 aromatic carbocycles. The molecule has 1 heterocycles. The van der Waals surface area contributed by atoms with Gasteiger partial charge in [0.15, 0.2) is 17.7 Å². The zero-order valence-electron chi connectivity index (χ0n) is 28.1. The molecular weight excluding hydrogens is 672 g/mol. The van der Waals surface area contributed by atoms with Crippen molar-refractivity contribution in [1.82, 2.24) is 0 Å². The highest BCUT2D eigenvalue weighted by Gasteiger charge is 2.28. The van der Waals surface area contributed by atoms with Crippen molar-refractivity contribution in [3.8, 4) is 0 Å². The smallest absolute Gasteiger partial charge is 0.346 e. The van der Waals surface area contributed by atoms with Crippen LogP contribution in [0.15, 0.2) is 72.8 Å². The molecule has 0 unspecified atom stereocenters. The van der Waals surface area contributed by atoms with Crippen molar-refractivity contribution in [3.63, 3.8) is 0 Å². The fourth-order valence-corrected chi connectivity index (χ4v) is 4.18. The lowest BCUT2D eigenvalue weighted by molar-refractivity contribution is -0.151. The number of ether oxygens (including phenoxy) is 5. The minimum absolute atomic E-state index is 0.0731. The van der Waals surface area contributed by atoms with Gasteiger partial charge in [0.1, 0.15) is 19.3 Å². The third-order valence-electron chi connectivity index (χ3n) is 6.48. The predicted octanol–water partition coefficient (Wildman–Crippen LogP) is 2.94. The normalized spacial score (nSPS) is 11.1. The molecule has 0 saturated heterocycles. The highest BCUT2D eigenvalue weighted by molar-refractivity contribution is 6.14. The molecule has 1 aliphatic heterocycles. The maximum absolute atomic E-state index is 12.4. The Labute approximate surface area is 292 Å². The molecule has 51 heavy (non-hydrogen) atoms. The average molecular weight is 709 g/mol. The Morgan fingerprint density at radius 2 is 0.882 bits per heavy atom. The van der Waals surface area contributed by atoms with Gasteiger partial charge in [-0.15, -0.1) is 0 Å². The summed E-state index contributed by atoms with van der Waals surface area (Å²) in [6.45, 7) is 3.56. The van der Waals surface area contributed by atoms with Gasteiger partial charge in [0.2, 0.25) is 0 Å². The van der Waals surface area contributed by atoms with Gasteiger partial charge in [-0.05, 0) is 38.1 Å². The number of cyclic esters (lactones) is 2. The predicted molar refractivity (Wildman–Crippen MR) is 175 cm³/mol. The van der Waals surface area contributed by atoms with Crippen LogP contribution in [-0.4, -0.2) is 96.2 Å². The summed E-state index contributed by atoms with van der Waals surface area (Å²) in [4.78, 5) is 91.3. The standard InChI is InChI=1S/C23H22O8.C8H4O3.C5H10O4/c1-14(24)18-8-4-6-10-20(18)22(27)29-12-17(31-16(3)26)13-30-23(28)21-11-7-5-9-19(21)15(2)25;9-7-5-3-1-2-4-6(5)8(10)11-7;1-4(8)9-5(2-6)3-7/h4-11,17H,12-13H2,1-3H3;1-4H;5-7H,2-3H2,1H3. The van der Waals surface area contributed by atoms with Crippen molar-refractivity contribution in [2.75, 3.05) is 26.4 Å². The van der Waals surface area contributed by atoms with Gasteiger partial charge >= 0.3 is 35.8 Å². The van der Waals surface area contributed by atoms with Crippen LogP contribution in [0, 0.1) is 0 Å². The Bertz CT molecular complexity index is 1650. The zero-order valence-corrected chi connectivity index (χ0v) is 28.1. The Morgan fingerprint density at radius 1 is 0.549 bits per heavy atom. The van der Waals surface area contributed by atoms with Crippen molar-refractivity contribution in [1.29, 1.82) is 0 Å². The highest BCUT2D eigenvalue weighted by atomic mass is 16.6. The van der Waals surface area contributed by atoms with Gasteiger partial charge < -0.3 is 33.9 Å². The van der Waals surface area contributed by atoms with Crippen molar-refractivity contribution >= 4 is 47.4 Å². The van der Waals surface area contributed by atoms with E-state index in [1.54, 1.807) is 48.5 Å². The van der Waals surface area contributed by atoms with Gasteiger partial charge in [0, 0.05) is 25.0 Å². The first-order chi connectivity index (χ1) is 24.2. The number of benzene rings is 3. The molecule has 0 saturated carbocycles. The third-order valence-corrected chi connectivity index (χ3v) is 6.48. The molecule has 0 spiro atoms. The van der Waals surface area contributed by atoms with Crippen LogP contribution in [0.5, 0.6) is 0 Å². The number of Topliss-reactive ketones (excluding diaryl/α,β-unsaturated/α-hetero) is 2. The van der Waals surface area contributed by atoms with Gasteiger partial charge in [-0.25, -0.2) is 19.2 Å². The van der Waals surface area contributed by atoms with E-state index < -0.39 is 61.2 Å². The van der Waals surface area contributed by atoms with E-state index in [1.807, 2.05) is 0 Å². The molecule has 0 atom stereocenters. The summed E-state index contributed by atoms with van der Waals surface area (Å²) < 4.78 is 24.2. The molecule has 2 N–H and O–H groups in total. The number of hydrogen-bond donors (Lipinski definition) is 2. The van der Waals surface area contributed by atoms with E-state index in [4.69, 9.17) is 24.4 Å². The number of aliphatic hydroxyl groups is 2. The van der Waals surface area contributed by atoms with Crippen LogP contribution in [0.25, 0.3) is 0 Å². The molecular formula is C36H36O15. The zero-order chi connectivity index (χ0) is 38.1. The van der Waals surface area contributed by atoms with Crippen molar-refractivity contribution in [2.45, 2.75) is 39.9 Å². The van der Waals surface area contributed by atoms with E-state index in [9.17, 15) is 38.4 Å². The van der Waals surface area contributed by atoms with E-state index in [-0.39, 0.29) is 47.0 Å². The summed E-state index contributed by atoms with van der Waals surface area (Å²) in [6, 6.07) is 18.8. The van der Waals surface area contributed by atoms with Gasteiger partial charge in [-0.2, -0.15) is 0 Å². The molecule has 0 aromatic heterocycles.